The van der Waals surface area contributed by atoms with Gasteiger partial charge in [-0.25, -0.2) is 0 Å². The zero-order valence-electron chi connectivity index (χ0n) is 20.4. The summed E-state index contributed by atoms with van der Waals surface area (Å²) >= 11 is 0. The first kappa shape index (κ1) is 26.6. The molecule has 2 aromatic rings. The average Bonchev–Trinajstić information content (AvgIpc) is 2.84. The molecule has 0 amide bonds. The van der Waals surface area contributed by atoms with Gasteiger partial charge in [0.05, 0.1) is 19.6 Å². The molecule has 0 saturated heterocycles. The predicted molar refractivity (Wildman–Crippen MR) is 135 cm³/mol. The van der Waals surface area contributed by atoms with Gasteiger partial charge in [-0.1, -0.05) is 65.2 Å². The molecule has 33 heavy (non-hydrogen) atoms. The minimum Gasteiger partial charge on any atom is -0.494 e. The molecule has 0 spiro atoms. The molecule has 0 saturated carbocycles. The Balaban J connectivity index is 1.73. The Kier molecular flexibility index (Phi) is 13.0. The van der Waals surface area contributed by atoms with Gasteiger partial charge in [0.25, 0.3) is 0 Å². The summed E-state index contributed by atoms with van der Waals surface area (Å²) in [6, 6.07) is 14.2. The van der Waals surface area contributed by atoms with Crippen LogP contribution in [-0.4, -0.2) is 24.8 Å². The first-order valence-electron chi connectivity index (χ1n) is 12.7. The van der Waals surface area contributed by atoms with E-state index in [9.17, 15) is 9.59 Å². The van der Waals surface area contributed by atoms with Crippen LogP contribution in [0.5, 0.6) is 11.5 Å². The second-order valence-electron chi connectivity index (χ2n) is 8.60. The zero-order valence-corrected chi connectivity index (χ0v) is 20.4. The maximum absolute atomic E-state index is 12.5. The Hall–Kier alpha value is -2.62. The van der Waals surface area contributed by atoms with E-state index in [1.54, 1.807) is 48.5 Å². The summed E-state index contributed by atoms with van der Waals surface area (Å²) < 4.78 is 11.5. The molecular weight excluding hydrogens is 412 g/mol. The van der Waals surface area contributed by atoms with Crippen molar-refractivity contribution >= 4 is 11.6 Å². The molecule has 0 atom stereocenters. The van der Waals surface area contributed by atoms with Gasteiger partial charge in [0, 0.05) is 11.1 Å². The molecule has 0 heterocycles. The van der Waals surface area contributed by atoms with Gasteiger partial charge in [0.15, 0.2) is 11.6 Å². The normalized spacial score (nSPS) is 10.7. The number of carbonyl (C=O) groups is 2. The smallest absolute Gasteiger partial charge is 0.170 e. The molecule has 180 valence electrons. The molecule has 0 bridgehead atoms. The highest BCUT2D eigenvalue weighted by atomic mass is 16.5. The Morgan fingerprint density at radius 3 is 1.27 bits per heavy atom. The molecular formula is C29H40O4. The Bertz CT molecular complexity index is 739. The van der Waals surface area contributed by atoms with E-state index in [0.29, 0.717) is 24.3 Å². The molecule has 0 N–H and O–H groups in total. The molecule has 0 radical (unpaired) electrons. The fourth-order valence-electron chi connectivity index (χ4n) is 3.62. The molecule has 0 fully saturated rings. The van der Waals surface area contributed by atoms with Crippen molar-refractivity contribution in [2.75, 3.05) is 13.2 Å². The van der Waals surface area contributed by atoms with Gasteiger partial charge in [0.2, 0.25) is 0 Å². The minimum atomic E-state index is -0.182. The summed E-state index contributed by atoms with van der Waals surface area (Å²) in [5.74, 6) is 1.15. The highest BCUT2D eigenvalue weighted by Gasteiger charge is 2.14. The molecule has 4 nitrogen and oxygen atoms in total. The van der Waals surface area contributed by atoms with Crippen molar-refractivity contribution in [1.29, 1.82) is 0 Å². The van der Waals surface area contributed by atoms with Crippen LogP contribution in [0, 0.1) is 0 Å². The van der Waals surface area contributed by atoms with E-state index in [1.165, 1.54) is 51.4 Å². The SMILES string of the molecule is CCCCCCCOc1ccc(C(=O)CC(=O)c2ccc(OCCCCCCC)cc2)cc1. The Labute approximate surface area is 199 Å². The standard InChI is InChI=1S/C29H40O4/c1-3-5-7-9-11-21-32-26-17-13-24(14-18-26)28(30)23-29(31)25-15-19-27(20-16-25)33-22-12-10-8-6-4-2/h13-20H,3-12,21-23H2,1-2H3. The van der Waals surface area contributed by atoms with E-state index in [-0.39, 0.29) is 18.0 Å². The van der Waals surface area contributed by atoms with Crippen molar-refractivity contribution in [1.82, 2.24) is 0 Å². The second-order valence-corrected chi connectivity index (χ2v) is 8.60. The van der Waals surface area contributed by atoms with Crippen LogP contribution in [0.15, 0.2) is 48.5 Å². The average molecular weight is 453 g/mol. The fraction of sp³-hybridized carbons (Fsp3) is 0.517. The fourth-order valence-corrected chi connectivity index (χ4v) is 3.62. The van der Waals surface area contributed by atoms with E-state index >= 15 is 0 Å². The molecule has 0 aromatic heterocycles. The zero-order chi connectivity index (χ0) is 23.7. The number of rotatable bonds is 18. The summed E-state index contributed by atoms with van der Waals surface area (Å²) in [5, 5.41) is 0. The summed E-state index contributed by atoms with van der Waals surface area (Å²) in [5.41, 5.74) is 1.06. The number of carbonyl (C=O) groups excluding carboxylic acids is 2. The Morgan fingerprint density at radius 2 is 0.909 bits per heavy atom. The summed E-state index contributed by atoms with van der Waals surface area (Å²) in [6.07, 6.45) is 11.8. The molecule has 0 aliphatic heterocycles. The molecule has 2 rings (SSSR count). The van der Waals surface area contributed by atoms with Crippen molar-refractivity contribution in [2.24, 2.45) is 0 Å². The number of unbranched alkanes of at least 4 members (excludes halogenated alkanes) is 8. The Morgan fingerprint density at radius 1 is 0.545 bits per heavy atom. The van der Waals surface area contributed by atoms with Crippen molar-refractivity contribution in [3.05, 3.63) is 59.7 Å². The van der Waals surface area contributed by atoms with Crippen molar-refractivity contribution < 1.29 is 19.1 Å². The van der Waals surface area contributed by atoms with Gasteiger partial charge in [0.1, 0.15) is 11.5 Å². The lowest BCUT2D eigenvalue weighted by Crippen LogP contribution is -2.09. The highest BCUT2D eigenvalue weighted by Crippen LogP contribution is 2.18. The minimum absolute atomic E-state index is 0.144. The van der Waals surface area contributed by atoms with E-state index in [2.05, 4.69) is 13.8 Å². The first-order chi connectivity index (χ1) is 16.1. The maximum atomic E-state index is 12.5. The summed E-state index contributed by atoms with van der Waals surface area (Å²) in [4.78, 5) is 25.1. The monoisotopic (exact) mass is 452 g/mol. The third-order valence-corrected chi connectivity index (χ3v) is 5.71. The topological polar surface area (TPSA) is 52.6 Å². The van der Waals surface area contributed by atoms with E-state index < -0.39 is 0 Å². The predicted octanol–water partition coefficient (Wildman–Crippen LogP) is 7.84. The summed E-state index contributed by atoms with van der Waals surface area (Å²) in [7, 11) is 0. The molecule has 4 heteroatoms. The van der Waals surface area contributed by atoms with Crippen LogP contribution in [-0.2, 0) is 0 Å². The third-order valence-electron chi connectivity index (χ3n) is 5.71. The van der Waals surface area contributed by atoms with Gasteiger partial charge < -0.3 is 9.47 Å². The quantitative estimate of drug-likeness (QED) is 0.131. The van der Waals surface area contributed by atoms with Crippen LogP contribution in [0.2, 0.25) is 0 Å². The third kappa shape index (κ3) is 10.7. The summed E-state index contributed by atoms with van der Waals surface area (Å²) in [6.45, 7) is 5.78. The lowest BCUT2D eigenvalue weighted by atomic mass is 10.0. The van der Waals surface area contributed by atoms with Crippen molar-refractivity contribution in [2.45, 2.75) is 84.5 Å². The van der Waals surface area contributed by atoms with Crippen molar-refractivity contribution in [3.8, 4) is 11.5 Å². The number of ether oxygens (including phenoxy) is 2. The van der Waals surface area contributed by atoms with Crippen LogP contribution in [0.25, 0.3) is 0 Å². The van der Waals surface area contributed by atoms with Gasteiger partial charge in [-0.05, 0) is 61.4 Å². The lowest BCUT2D eigenvalue weighted by Gasteiger charge is -2.08. The van der Waals surface area contributed by atoms with Crippen LogP contribution in [0.4, 0.5) is 0 Å². The van der Waals surface area contributed by atoms with Gasteiger partial charge in [-0.3, -0.25) is 9.59 Å². The molecule has 0 aliphatic rings. The van der Waals surface area contributed by atoms with E-state index in [0.717, 1.165) is 24.3 Å². The van der Waals surface area contributed by atoms with Gasteiger partial charge >= 0.3 is 0 Å². The second kappa shape index (κ2) is 16.1. The molecule has 0 unspecified atom stereocenters. The molecule has 2 aromatic carbocycles. The number of ketones is 2. The highest BCUT2D eigenvalue weighted by molar-refractivity contribution is 6.13. The van der Waals surface area contributed by atoms with E-state index in [4.69, 9.17) is 9.47 Å². The van der Waals surface area contributed by atoms with Crippen LogP contribution >= 0.6 is 0 Å². The number of hydrogen-bond donors (Lipinski definition) is 0. The lowest BCUT2D eigenvalue weighted by molar-refractivity contribution is 0.0894. The van der Waals surface area contributed by atoms with Crippen LogP contribution < -0.4 is 9.47 Å². The largest absolute Gasteiger partial charge is 0.494 e. The number of hydrogen-bond acceptors (Lipinski definition) is 4. The van der Waals surface area contributed by atoms with Crippen molar-refractivity contribution in [3.63, 3.8) is 0 Å². The van der Waals surface area contributed by atoms with Crippen LogP contribution in [0.3, 0.4) is 0 Å². The van der Waals surface area contributed by atoms with Gasteiger partial charge in [-0.15, -0.1) is 0 Å². The number of Topliss-reactive ketones (excluding diaryl/α,β-unsaturated/α-hetero) is 2. The molecule has 0 aliphatic carbocycles. The number of benzene rings is 2. The van der Waals surface area contributed by atoms with Gasteiger partial charge in [-0.2, -0.15) is 0 Å². The van der Waals surface area contributed by atoms with E-state index in [1.807, 2.05) is 0 Å². The first-order valence-corrected chi connectivity index (χ1v) is 12.7. The maximum Gasteiger partial charge on any atom is 0.170 e. The van der Waals surface area contributed by atoms with Crippen LogP contribution in [0.1, 0.15) is 105 Å².